The quantitative estimate of drug-likeness (QED) is 0.753. The molecule has 0 spiro atoms. The Labute approximate surface area is 136 Å². The van der Waals surface area contributed by atoms with Crippen LogP contribution in [0.4, 0.5) is 5.69 Å². The lowest BCUT2D eigenvalue weighted by atomic mass is 10.0. The van der Waals surface area contributed by atoms with Crippen LogP contribution in [0.1, 0.15) is 26.3 Å². The smallest absolute Gasteiger partial charge is 0.247 e. The molecule has 4 nitrogen and oxygen atoms in total. The number of amides is 1. The first kappa shape index (κ1) is 15.4. The van der Waals surface area contributed by atoms with Crippen LogP contribution in [-0.4, -0.2) is 15.0 Å². The molecule has 0 saturated heterocycles. The zero-order chi connectivity index (χ0) is 16.4. The van der Waals surface area contributed by atoms with E-state index < -0.39 is 0 Å². The topological polar surface area (TPSA) is 39.0 Å². The molecule has 1 N–H and O–H groups in total. The van der Waals surface area contributed by atoms with Crippen molar-refractivity contribution < 1.29 is 4.79 Å². The molecule has 0 aliphatic rings. The van der Waals surface area contributed by atoms with E-state index in [0.29, 0.717) is 5.92 Å². The molecule has 4 heteroatoms. The Balaban J connectivity index is 1.88. The molecule has 1 aromatic carbocycles. The molecule has 23 heavy (non-hydrogen) atoms. The van der Waals surface area contributed by atoms with Crippen molar-refractivity contribution in [3.63, 3.8) is 0 Å². The molecule has 0 bridgehead atoms. The third-order valence-electron chi connectivity index (χ3n) is 4.17. The first-order valence-corrected chi connectivity index (χ1v) is 8.03. The van der Waals surface area contributed by atoms with Crippen LogP contribution in [0.25, 0.3) is 10.9 Å². The Kier molecular flexibility index (Phi) is 4.24. The van der Waals surface area contributed by atoms with Gasteiger partial charge in [0.15, 0.2) is 0 Å². The van der Waals surface area contributed by atoms with Gasteiger partial charge in [-0.1, -0.05) is 19.9 Å². The molecule has 2 heterocycles. The number of rotatable bonds is 5. The molecule has 2 aromatic heterocycles. The van der Waals surface area contributed by atoms with E-state index in [2.05, 4.69) is 29.8 Å². The number of aryl methyl sites for hydroxylation is 1. The highest BCUT2D eigenvalue weighted by atomic mass is 16.2. The molecule has 0 saturated carbocycles. The number of carbonyl (C=O) groups excluding carboxylic acids is 1. The van der Waals surface area contributed by atoms with Crippen LogP contribution in [0, 0.1) is 5.92 Å². The Morgan fingerprint density at radius 3 is 2.52 bits per heavy atom. The highest BCUT2D eigenvalue weighted by Crippen LogP contribution is 2.26. The van der Waals surface area contributed by atoms with Crippen LogP contribution in [0.3, 0.4) is 0 Å². The predicted molar refractivity (Wildman–Crippen MR) is 94.5 cm³/mol. The minimum absolute atomic E-state index is 0.0336. The average molecular weight is 309 g/mol. The van der Waals surface area contributed by atoms with Gasteiger partial charge in [0.25, 0.3) is 0 Å². The van der Waals surface area contributed by atoms with E-state index in [-0.39, 0.29) is 11.9 Å². The third kappa shape index (κ3) is 3.16. The summed E-state index contributed by atoms with van der Waals surface area (Å²) in [6.45, 7) is 4.28. The fourth-order valence-electron chi connectivity index (χ4n) is 2.99. The van der Waals surface area contributed by atoms with Gasteiger partial charge in [0, 0.05) is 36.5 Å². The lowest BCUT2D eigenvalue weighted by Gasteiger charge is -2.20. The van der Waals surface area contributed by atoms with E-state index >= 15 is 0 Å². The number of benzene rings is 1. The second-order valence-electron chi connectivity index (χ2n) is 6.43. The highest BCUT2D eigenvalue weighted by Gasteiger charge is 2.21. The number of carbonyl (C=O) groups is 1. The van der Waals surface area contributed by atoms with E-state index in [0.717, 1.165) is 23.0 Å². The number of fused-ring (bicyclic) bond motifs is 1. The molecule has 0 aliphatic carbocycles. The summed E-state index contributed by atoms with van der Waals surface area (Å²) >= 11 is 0. The van der Waals surface area contributed by atoms with Crippen molar-refractivity contribution in [1.29, 1.82) is 0 Å². The summed E-state index contributed by atoms with van der Waals surface area (Å²) in [4.78, 5) is 12.9. The first-order chi connectivity index (χ1) is 11.1. The Bertz CT molecular complexity index is 799. The number of aromatic nitrogens is 2. The number of hydrogen-bond donors (Lipinski definition) is 1. The van der Waals surface area contributed by atoms with Gasteiger partial charge in [-0.05, 0) is 42.7 Å². The fourth-order valence-corrected chi connectivity index (χ4v) is 2.99. The van der Waals surface area contributed by atoms with E-state index in [1.165, 1.54) is 0 Å². The standard InChI is InChI=1S/C19H23N3O/c1-14(2)13-18(22-10-4-5-11-22)19(23)20-16-7-6-8-17-15(16)9-12-21(17)3/h4-12,14,18H,13H2,1-3H3,(H,20,23)/t18-/m0/s1. The fraction of sp³-hybridized carbons (Fsp3) is 0.316. The SMILES string of the molecule is CC(C)C[C@@H](C(=O)Nc1cccc2c1ccn2C)n1cccc1. The second kappa shape index (κ2) is 6.32. The molecule has 1 amide bonds. The van der Waals surface area contributed by atoms with Crippen molar-refractivity contribution in [2.75, 3.05) is 5.32 Å². The van der Waals surface area contributed by atoms with Crippen molar-refractivity contribution in [3.05, 3.63) is 55.0 Å². The summed E-state index contributed by atoms with van der Waals surface area (Å²) in [6, 6.07) is 11.8. The normalized spacial score (nSPS) is 12.7. The molecule has 0 unspecified atom stereocenters. The van der Waals surface area contributed by atoms with Gasteiger partial charge in [-0.25, -0.2) is 0 Å². The minimum Gasteiger partial charge on any atom is -0.350 e. The van der Waals surface area contributed by atoms with E-state index in [1.807, 2.05) is 60.5 Å². The van der Waals surface area contributed by atoms with Gasteiger partial charge >= 0.3 is 0 Å². The lowest BCUT2D eigenvalue weighted by molar-refractivity contribution is -0.119. The zero-order valence-electron chi connectivity index (χ0n) is 13.9. The molecule has 0 aliphatic heterocycles. The van der Waals surface area contributed by atoms with E-state index in [1.54, 1.807) is 0 Å². The van der Waals surface area contributed by atoms with Gasteiger partial charge in [0.2, 0.25) is 5.91 Å². The molecule has 0 fully saturated rings. The van der Waals surface area contributed by atoms with Gasteiger partial charge < -0.3 is 14.5 Å². The Hall–Kier alpha value is -2.49. The molecule has 0 radical (unpaired) electrons. The predicted octanol–water partition coefficient (Wildman–Crippen LogP) is 4.21. The van der Waals surface area contributed by atoms with E-state index in [9.17, 15) is 4.79 Å². The number of nitrogens with one attached hydrogen (secondary N) is 1. The lowest BCUT2D eigenvalue weighted by Crippen LogP contribution is -2.26. The van der Waals surface area contributed by atoms with Crippen molar-refractivity contribution >= 4 is 22.5 Å². The van der Waals surface area contributed by atoms with E-state index in [4.69, 9.17) is 0 Å². The number of hydrogen-bond acceptors (Lipinski definition) is 1. The maximum absolute atomic E-state index is 12.9. The summed E-state index contributed by atoms with van der Waals surface area (Å²) < 4.78 is 4.04. The maximum Gasteiger partial charge on any atom is 0.247 e. The number of nitrogens with zero attached hydrogens (tertiary/aromatic N) is 2. The van der Waals surface area contributed by atoms with Crippen molar-refractivity contribution in [2.45, 2.75) is 26.3 Å². The van der Waals surface area contributed by atoms with Crippen LogP contribution in [0.15, 0.2) is 55.0 Å². The molecule has 120 valence electrons. The second-order valence-corrected chi connectivity index (χ2v) is 6.43. The van der Waals surface area contributed by atoms with Gasteiger partial charge in [-0.15, -0.1) is 0 Å². The van der Waals surface area contributed by atoms with Crippen molar-refractivity contribution in [1.82, 2.24) is 9.13 Å². The van der Waals surface area contributed by atoms with Crippen LogP contribution in [0.2, 0.25) is 0 Å². The molecule has 3 aromatic rings. The van der Waals surface area contributed by atoms with Crippen LogP contribution in [0.5, 0.6) is 0 Å². The monoisotopic (exact) mass is 309 g/mol. The zero-order valence-corrected chi connectivity index (χ0v) is 13.9. The molecule has 1 atom stereocenters. The summed E-state index contributed by atoms with van der Waals surface area (Å²) in [5.74, 6) is 0.479. The summed E-state index contributed by atoms with van der Waals surface area (Å²) in [5.41, 5.74) is 1.98. The van der Waals surface area contributed by atoms with Crippen molar-refractivity contribution in [3.8, 4) is 0 Å². The maximum atomic E-state index is 12.9. The van der Waals surface area contributed by atoms with Crippen LogP contribution in [-0.2, 0) is 11.8 Å². The Morgan fingerprint density at radius 2 is 1.83 bits per heavy atom. The molecule has 3 rings (SSSR count). The summed E-state index contributed by atoms with van der Waals surface area (Å²) in [5, 5.41) is 4.19. The Morgan fingerprint density at radius 1 is 1.09 bits per heavy atom. The molecular formula is C19H23N3O. The molecular weight excluding hydrogens is 286 g/mol. The van der Waals surface area contributed by atoms with Gasteiger partial charge in [-0.2, -0.15) is 0 Å². The third-order valence-corrected chi connectivity index (χ3v) is 4.17. The largest absolute Gasteiger partial charge is 0.350 e. The van der Waals surface area contributed by atoms with Crippen molar-refractivity contribution in [2.24, 2.45) is 13.0 Å². The van der Waals surface area contributed by atoms with Crippen LogP contribution < -0.4 is 5.32 Å². The average Bonchev–Trinajstić information content (AvgIpc) is 3.16. The minimum atomic E-state index is -0.191. The van der Waals surface area contributed by atoms with Gasteiger partial charge in [0.05, 0.1) is 5.69 Å². The van der Waals surface area contributed by atoms with Crippen LogP contribution >= 0.6 is 0 Å². The summed E-state index contributed by atoms with van der Waals surface area (Å²) in [6.07, 6.45) is 6.73. The van der Waals surface area contributed by atoms with Gasteiger partial charge in [0.1, 0.15) is 6.04 Å². The highest BCUT2D eigenvalue weighted by molar-refractivity contribution is 6.02. The summed E-state index contributed by atoms with van der Waals surface area (Å²) in [7, 11) is 2.01. The first-order valence-electron chi connectivity index (χ1n) is 8.03. The van der Waals surface area contributed by atoms with Gasteiger partial charge in [-0.3, -0.25) is 4.79 Å². The number of anilines is 1.